The van der Waals surface area contributed by atoms with Crippen molar-refractivity contribution in [1.29, 1.82) is 0 Å². The van der Waals surface area contributed by atoms with Gasteiger partial charge in [0.1, 0.15) is 5.82 Å². The molecule has 0 aliphatic carbocycles. The number of aromatic nitrogens is 2. The van der Waals surface area contributed by atoms with Gasteiger partial charge in [0.05, 0.1) is 6.20 Å². The van der Waals surface area contributed by atoms with Crippen LogP contribution >= 0.6 is 15.9 Å². The Hall–Kier alpha value is -1.29. The van der Waals surface area contributed by atoms with Crippen LogP contribution in [0.2, 0.25) is 0 Å². The molecule has 1 aromatic carbocycles. The first kappa shape index (κ1) is 10.2. The summed E-state index contributed by atoms with van der Waals surface area (Å²) in [5.41, 5.74) is 9.23. The van der Waals surface area contributed by atoms with E-state index in [0.29, 0.717) is 5.82 Å². The molecule has 0 bridgehead atoms. The Morgan fingerprint density at radius 3 is 2.60 bits per heavy atom. The molecule has 0 aliphatic rings. The normalized spacial score (nSPS) is 10.6. The van der Waals surface area contributed by atoms with Gasteiger partial charge in [-0.25, -0.2) is 0 Å². The van der Waals surface area contributed by atoms with Crippen molar-refractivity contribution in [3.05, 3.63) is 34.4 Å². The molecule has 4 heteroatoms. The van der Waals surface area contributed by atoms with Gasteiger partial charge in [-0.2, -0.15) is 5.10 Å². The average Bonchev–Trinajstić information content (AvgIpc) is 2.49. The van der Waals surface area contributed by atoms with Crippen LogP contribution < -0.4 is 5.73 Å². The lowest BCUT2D eigenvalue weighted by atomic mass is 10.0. The first-order valence-electron chi connectivity index (χ1n) is 4.63. The first-order valence-corrected chi connectivity index (χ1v) is 5.43. The third kappa shape index (κ3) is 1.77. The summed E-state index contributed by atoms with van der Waals surface area (Å²) in [5, 5.41) is 4.14. The third-order valence-corrected chi connectivity index (χ3v) is 2.96. The van der Waals surface area contributed by atoms with Crippen LogP contribution in [-0.4, -0.2) is 9.78 Å². The van der Waals surface area contributed by atoms with E-state index in [1.165, 1.54) is 5.56 Å². The molecule has 2 aromatic rings. The molecule has 3 nitrogen and oxygen atoms in total. The number of benzene rings is 1. The third-order valence-electron chi connectivity index (χ3n) is 2.46. The zero-order valence-corrected chi connectivity index (χ0v) is 10.2. The second-order valence-electron chi connectivity index (χ2n) is 3.53. The maximum atomic E-state index is 5.93. The fourth-order valence-electron chi connectivity index (χ4n) is 1.58. The van der Waals surface area contributed by atoms with Gasteiger partial charge < -0.3 is 5.73 Å². The monoisotopic (exact) mass is 265 g/mol. The van der Waals surface area contributed by atoms with Crippen molar-refractivity contribution in [3.63, 3.8) is 0 Å². The number of nitrogen functional groups attached to an aromatic ring is 1. The lowest BCUT2D eigenvalue weighted by molar-refractivity contribution is 0.779. The second-order valence-corrected chi connectivity index (χ2v) is 4.44. The minimum absolute atomic E-state index is 0.695. The van der Waals surface area contributed by atoms with Gasteiger partial charge in [0.2, 0.25) is 0 Å². The lowest BCUT2D eigenvalue weighted by Gasteiger charge is -2.05. The van der Waals surface area contributed by atoms with Crippen molar-refractivity contribution in [3.8, 4) is 11.1 Å². The Labute approximate surface area is 97.0 Å². The number of nitrogens with two attached hydrogens (primary N) is 1. The molecule has 2 rings (SSSR count). The van der Waals surface area contributed by atoms with Crippen molar-refractivity contribution < 1.29 is 0 Å². The molecule has 0 saturated heterocycles. The van der Waals surface area contributed by atoms with Crippen LogP contribution in [0.4, 0.5) is 5.82 Å². The van der Waals surface area contributed by atoms with Crippen molar-refractivity contribution in [2.24, 2.45) is 7.05 Å². The highest BCUT2D eigenvalue weighted by Crippen LogP contribution is 2.29. The predicted molar refractivity (Wildman–Crippen MR) is 65.5 cm³/mol. The highest BCUT2D eigenvalue weighted by Gasteiger charge is 2.09. The van der Waals surface area contributed by atoms with Gasteiger partial charge in [-0.3, -0.25) is 4.68 Å². The van der Waals surface area contributed by atoms with Gasteiger partial charge in [0, 0.05) is 17.1 Å². The molecule has 2 N–H and O–H groups in total. The number of halogens is 1. The largest absolute Gasteiger partial charge is 0.383 e. The van der Waals surface area contributed by atoms with E-state index >= 15 is 0 Å². The van der Waals surface area contributed by atoms with E-state index < -0.39 is 0 Å². The number of hydrogen-bond donors (Lipinski definition) is 1. The number of aryl methyl sites for hydroxylation is 2. The zero-order chi connectivity index (χ0) is 11.0. The van der Waals surface area contributed by atoms with Crippen molar-refractivity contribution in [1.82, 2.24) is 9.78 Å². The minimum atomic E-state index is 0.695. The summed E-state index contributed by atoms with van der Waals surface area (Å²) in [6, 6.07) is 6.13. The number of hydrogen-bond acceptors (Lipinski definition) is 2. The minimum Gasteiger partial charge on any atom is -0.383 e. The van der Waals surface area contributed by atoms with E-state index in [2.05, 4.69) is 34.0 Å². The van der Waals surface area contributed by atoms with E-state index in [1.54, 1.807) is 10.9 Å². The summed E-state index contributed by atoms with van der Waals surface area (Å²) < 4.78 is 2.75. The molecule has 0 spiro atoms. The van der Waals surface area contributed by atoms with E-state index in [0.717, 1.165) is 15.6 Å². The van der Waals surface area contributed by atoms with Gasteiger partial charge in [0.15, 0.2) is 0 Å². The smallest absolute Gasteiger partial charge is 0.129 e. The van der Waals surface area contributed by atoms with Gasteiger partial charge in [0.25, 0.3) is 0 Å². The molecule has 78 valence electrons. The van der Waals surface area contributed by atoms with Crippen LogP contribution in [0.15, 0.2) is 28.9 Å². The standard InChI is InChI=1S/C11H12BrN3/c1-7-5-8(12)3-4-9(7)10-6-14-15(2)11(10)13/h3-6H,13H2,1-2H3. The SMILES string of the molecule is Cc1cc(Br)ccc1-c1cnn(C)c1N. The summed E-state index contributed by atoms with van der Waals surface area (Å²) in [4.78, 5) is 0. The molecule has 15 heavy (non-hydrogen) atoms. The van der Waals surface area contributed by atoms with Crippen molar-refractivity contribution >= 4 is 21.7 Å². The van der Waals surface area contributed by atoms with Crippen molar-refractivity contribution in [2.45, 2.75) is 6.92 Å². The average molecular weight is 266 g/mol. The molecule has 0 radical (unpaired) electrons. The van der Waals surface area contributed by atoms with Crippen molar-refractivity contribution in [2.75, 3.05) is 5.73 Å². The van der Waals surface area contributed by atoms with Gasteiger partial charge >= 0.3 is 0 Å². The summed E-state index contributed by atoms with van der Waals surface area (Å²) >= 11 is 3.44. The van der Waals surface area contributed by atoms with Crippen LogP contribution in [0.1, 0.15) is 5.56 Å². The van der Waals surface area contributed by atoms with E-state index in [-0.39, 0.29) is 0 Å². The summed E-state index contributed by atoms with van der Waals surface area (Å²) in [7, 11) is 1.84. The molecule has 0 amide bonds. The molecule has 0 atom stereocenters. The first-order chi connectivity index (χ1) is 7.09. The Morgan fingerprint density at radius 1 is 1.33 bits per heavy atom. The van der Waals surface area contributed by atoms with Gasteiger partial charge in [-0.05, 0) is 30.2 Å². The van der Waals surface area contributed by atoms with E-state index in [1.807, 2.05) is 19.2 Å². The molecule has 0 saturated carbocycles. The van der Waals surface area contributed by atoms with E-state index in [9.17, 15) is 0 Å². The zero-order valence-electron chi connectivity index (χ0n) is 8.66. The molecule has 1 heterocycles. The molecule has 0 fully saturated rings. The second kappa shape index (κ2) is 3.70. The topological polar surface area (TPSA) is 43.8 Å². The highest BCUT2D eigenvalue weighted by atomic mass is 79.9. The van der Waals surface area contributed by atoms with Crippen LogP contribution in [0.25, 0.3) is 11.1 Å². The van der Waals surface area contributed by atoms with Crippen LogP contribution in [0.3, 0.4) is 0 Å². The highest BCUT2D eigenvalue weighted by molar-refractivity contribution is 9.10. The van der Waals surface area contributed by atoms with Crippen LogP contribution in [-0.2, 0) is 7.05 Å². The van der Waals surface area contributed by atoms with Crippen LogP contribution in [0, 0.1) is 6.92 Å². The molecule has 0 aliphatic heterocycles. The maximum Gasteiger partial charge on any atom is 0.129 e. The van der Waals surface area contributed by atoms with Crippen LogP contribution in [0.5, 0.6) is 0 Å². The Bertz CT molecular complexity index is 503. The summed E-state index contributed by atoms with van der Waals surface area (Å²) in [6.07, 6.45) is 1.80. The van der Waals surface area contributed by atoms with Gasteiger partial charge in [-0.1, -0.05) is 22.0 Å². The Kier molecular flexibility index (Phi) is 2.52. The van der Waals surface area contributed by atoms with Gasteiger partial charge in [-0.15, -0.1) is 0 Å². The Morgan fingerprint density at radius 2 is 2.07 bits per heavy atom. The fourth-order valence-corrected chi connectivity index (χ4v) is 2.06. The maximum absolute atomic E-state index is 5.93. The predicted octanol–water partition coefficient (Wildman–Crippen LogP) is 2.74. The molecule has 0 unspecified atom stereocenters. The summed E-state index contributed by atoms with van der Waals surface area (Å²) in [6.45, 7) is 2.06. The fraction of sp³-hybridized carbons (Fsp3) is 0.182. The quantitative estimate of drug-likeness (QED) is 0.862. The lowest BCUT2D eigenvalue weighted by Crippen LogP contribution is -1.98. The number of rotatable bonds is 1. The number of anilines is 1. The summed E-state index contributed by atoms with van der Waals surface area (Å²) in [5.74, 6) is 0.695. The Balaban J connectivity index is 2.59. The number of nitrogens with zero attached hydrogens (tertiary/aromatic N) is 2. The van der Waals surface area contributed by atoms with E-state index in [4.69, 9.17) is 5.73 Å². The molecular formula is C11H12BrN3. The molecule has 1 aromatic heterocycles. The molecular weight excluding hydrogens is 254 g/mol.